The molecule has 1 aliphatic heterocycles. The Balaban J connectivity index is 1.67. The maximum Gasteiger partial charge on any atom is 0.511 e. The van der Waals surface area contributed by atoms with Crippen molar-refractivity contribution in [2.75, 3.05) is 18.0 Å². The Labute approximate surface area is 171 Å². The van der Waals surface area contributed by atoms with E-state index in [9.17, 15) is 9.59 Å². The molecule has 3 aliphatic rings. The molecule has 7 nitrogen and oxygen atoms in total. The van der Waals surface area contributed by atoms with Gasteiger partial charge in [0.2, 0.25) is 5.43 Å². The summed E-state index contributed by atoms with van der Waals surface area (Å²) in [4.78, 5) is 25.3. The number of pyridine rings is 1. The van der Waals surface area contributed by atoms with Crippen molar-refractivity contribution in [2.45, 2.75) is 50.6 Å². The Bertz CT molecular complexity index is 1110. The van der Waals surface area contributed by atoms with E-state index >= 15 is 8.78 Å². The van der Waals surface area contributed by atoms with Gasteiger partial charge in [-0.2, -0.15) is 0 Å². The van der Waals surface area contributed by atoms with E-state index in [4.69, 9.17) is 10.8 Å². The van der Waals surface area contributed by atoms with Crippen molar-refractivity contribution in [1.82, 2.24) is 4.57 Å². The number of nitrogens with zero attached hydrogens (tertiary/aromatic N) is 2. The molecule has 2 aromatic rings. The fraction of sp³-hybridized carbons (Fsp3) is 0.524. The third-order valence-corrected chi connectivity index (χ3v) is 6.91. The number of anilines is 1. The molecule has 5 rings (SSSR count). The summed E-state index contributed by atoms with van der Waals surface area (Å²) in [6.07, 6.45) is 5.11. The summed E-state index contributed by atoms with van der Waals surface area (Å²) in [7, 11) is 0. The Hall–Kier alpha value is -2.68. The summed E-state index contributed by atoms with van der Waals surface area (Å²) in [5.74, 6) is -2.12. The monoisotopic (exact) mass is 419 g/mol. The van der Waals surface area contributed by atoms with Crippen molar-refractivity contribution in [1.29, 1.82) is 0 Å². The van der Waals surface area contributed by atoms with Crippen LogP contribution in [-0.2, 0) is 0 Å². The maximum atomic E-state index is 15.8. The lowest BCUT2D eigenvalue weighted by Crippen LogP contribution is -2.38. The van der Waals surface area contributed by atoms with Crippen LogP contribution in [0.2, 0.25) is 0 Å². The van der Waals surface area contributed by atoms with Crippen molar-refractivity contribution >= 4 is 22.7 Å². The van der Waals surface area contributed by atoms with Gasteiger partial charge in [-0.1, -0.05) is 12.8 Å². The molecular formula is C21H23F2N3O4. The number of benzene rings is 1. The molecule has 30 heavy (non-hydrogen) atoms. The number of fused-ring (bicyclic) bond motifs is 1. The zero-order valence-electron chi connectivity index (χ0n) is 16.4. The predicted octanol–water partition coefficient (Wildman–Crippen LogP) is 3.38. The summed E-state index contributed by atoms with van der Waals surface area (Å²) in [5.41, 5.74) is 5.23. The van der Waals surface area contributed by atoms with Crippen LogP contribution in [0.3, 0.4) is 0 Å². The molecule has 1 spiro atoms. The van der Waals surface area contributed by atoms with Crippen LogP contribution in [-0.4, -0.2) is 35.0 Å². The zero-order valence-corrected chi connectivity index (χ0v) is 16.4. The summed E-state index contributed by atoms with van der Waals surface area (Å²) in [6, 6.07) is 0.750. The van der Waals surface area contributed by atoms with Gasteiger partial charge in [0, 0.05) is 30.6 Å². The average molecular weight is 419 g/mol. The number of rotatable bonds is 3. The number of ether oxygens (including phenoxy) is 1. The molecule has 1 aromatic carbocycles. The molecule has 2 saturated carbocycles. The molecule has 0 amide bonds. The van der Waals surface area contributed by atoms with E-state index in [2.05, 4.69) is 4.74 Å². The number of carbonyl (C=O) groups is 1. The number of carboxylic acid groups (broad SMARTS) is 1. The van der Waals surface area contributed by atoms with E-state index in [1.807, 2.05) is 0 Å². The van der Waals surface area contributed by atoms with Gasteiger partial charge in [-0.15, -0.1) is 0 Å². The van der Waals surface area contributed by atoms with E-state index in [0.717, 1.165) is 44.6 Å². The number of aromatic nitrogens is 1. The number of halogens is 2. The molecule has 1 unspecified atom stereocenters. The standard InChI is InChI=1S/C21H23F2N3O4/c22-13-7-12-17(26(11-3-4-11)8-14(19(12)27)30-20(28)29)16(23)18(13)25-9-15(24)21(10-25)5-1-2-6-21/h7-8,11,15H,1-6,9-10,24H2,(H,28,29). The fourth-order valence-electron chi connectivity index (χ4n) is 5.28. The molecule has 3 fully saturated rings. The molecular weight excluding hydrogens is 396 g/mol. The average Bonchev–Trinajstić information content (AvgIpc) is 3.34. The van der Waals surface area contributed by atoms with Crippen molar-refractivity contribution in [2.24, 2.45) is 11.1 Å². The summed E-state index contributed by atoms with van der Waals surface area (Å²) in [6.45, 7) is 0.842. The fourth-order valence-corrected chi connectivity index (χ4v) is 5.28. The summed E-state index contributed by atoms with van der Waals surface area (Å²) in [5, 5.41) is 8.67. The molecule has 1 saturated heterocycles. The number of hydrogen-bond acceptors (Lipinski definition) is 5. The first-order chi connectivity index (χ1) is 14.3. The van der Waals surface area contributed by atoms with Gasteiger partial charge < -0.3 is 25.0 Å². The van der Waals surface area contributed by atoms with Crippen molar-refractivity contribution in [3.05, 3.63) is 34.1 Å². The smallest absolute Gasteiger partial charge is 0.449 e. The highest BCUT2D eigenvalue weighted by Gasteiger charge is 2.47. The van der Waals surface area contributed by atoms with Crippen molar-refractivity contribution in [3.8, 4) is 5.75 Å². The van der Waals surface area contributed by atoms with E-state index in [1.165, 1.54) is 10.8 Å². The van der Waals surface area contributed by atoms with Crippen LogP contribution < -0.4 is 20.8 Å². The molecule has 160 valence electrons. The second-order valence-electron chi connectivity index (χ2n) is 8.80. The third kappa shape index (κ3) is 2.86. The van der Waals surface area contributed by atoms with Crippen LogP contribution in [0.25, 0.3) is 10.9 Å². The molecule has 0 radical (unpaired) electrons. The molecule has 1 atom stereocenters. The molecule has 2 aliphatic carbocycles. The molecule has 3 N–H and O–H groups in total. The highest BCUT2D eigenvalue weighted by molar-refractivity contribution is 5.86. The van der Waals surface area contributed by atoms with Gasteiger partial charge in [0.05, 0.1) is 17.1 Å². The Morgan fingerprint density at radius 3 is 2.60 bits per heavy atom. The Morgan fingerprint density at radius 2 is 1.97 bits per heavy atom. The summed E-state index contributed by atoms with van der Waals surface area (Å²) < 4.78 is 37.0. The molecule has 9 heteroatoms. The van der Waals surface area contributed by atoms with Crippen molar-refractivity contribution < 1.29 is 23.4 Å². The zero-order chi connectivity index (χ0) is 21.2. The first kappa shape index (κ1) is 19.3. The first-order valence-electron chi connectivity index (χ1n) is 10.3. The number of nitrogens with two attached hydrogens (primary N) is 1. The second kappa shape index (κ2) is 6.66. The van der Waals surface area contributed by atoms with Gasteiger partial charge in [-0.05, 0) is 31.7 Å². The van der Waals surface area contributed by atoms with E-state index in [1.54, 1.807) is 4.90 Å². The Morgan fingerprint density at radius 1 is 1.27 bits per heavy atom. The minimum Gasteiger partial charge on any atom is -0.449 e. The quantitative estimate of drug-likeness (QED) is 0.741. The lowest BCUT2D eigenvalue weighted by Gasteiger charge is -2.27. The normalized spacial score (nSPS) is 22.9. The maximum absolute atomic E-state index is 15.8. The van der Waals surface area contributed by atoms with E-state index in [0.29, 0.717) is 13.1 Å². The third-order valence-electron chi connectivity index (χ3n) is 6.91. The van der Waals surface area contributed by atoms with E-state index in [-0.39, 0.29) is 34.1 Å². The van der Waals surface area contributed by atoms with Gasteiger partial charge in [0.15, 0.2) is 11.6 Å². The minimum atomic E-state index is -1.65. The molecule has 1 aromatic heterocycles. The largest absolute Gasteiger partial charge is 0.511 e. The van der Waals surface area contributed by atoms with Gasteiger partial charge in [0.25, 0.3) is 0 Å². The first-order valence-corrected chi connectivity index (χ1v) is 10.3. The minimum absolute atomic E-state index is 0.0161. The lowest BCUT2D eigenvalue weighted by molar-refractivity contribution is 0.143. The van der Waals surface area contributed by atoms with E-state index < -0.39 is 29.0 Å². The SMILES string of the molecule is NC1CN(c2c(F)cc3c(=O)c(OC(=O)O)cn(C4CC4)c3c2F)CC12CCCC2. The summed E-state index contributed by atoms with van der Waals surface area (Å²) >= 11 is 0. The highest BCUT2D eigenvalue weighted by atomic mass is 19.1. The predicted molar refractivity (Wildman–Crippen MR) is 106 cm³/mol. The van der Waals surface area contributed by atoms with Gasteiger partial charge in [-0.25, -0.2) is 13.6 Å². The number of hydrogen-bond donors (Lipinski definition) is 2. The molecule has 0 bridgehead atoms. The van der Waals surface area contributed by atoms with Crippen LogP contribution in [0.5, 0.6) is 5.75 Å². The van der Waals surface area contributed by atoms with Crippen LogP contribution in [0.15, 0.2) is 17.1 Å². The molecule has 2 heterocycles. The van der Waals surface area contributed by atoms with Gasteiger partial charge in [-0.3, -0.25) is 4.79 Å². The van der Waals surface area contributed by atoms with Crippen LogP contribution in [0.4, 0.5) is 19.3 Å². The Kier molecular flexibility index (Phi) is 4.29. The van der Waals surface area contributed by atoms with Crippen LogP contribution in [0, 0.1) is 17.0 Å². The lowest BCUT2D eigenvalue weighted by atomic mass is 9.82. The van der Waals surface area contributed by atoms with Crippen LogP contribution in [0.1, 0.15) is 44.6 Å². The topological polar surface area (TPSA) is 97.8 Å². The van der Waals surface area contributed by atoms with Gasteiger partial charge in [0.1, 0.15) is 11.5 Å². The van der Waals surface area contributed by atoms with Gasteiger partial charge >= 0.3 is 6.16 Å². The van der Waals surface area contributed by atoms with Crippen LogP contribution >= 0.6 is 0 Å². The van der Waals surface area contributed by atoms with Crippen molar-refractivity contribution in [3.63, 3.8) is 0 Å². The highest BCUT2D eigenvalue weighted by Crippen LogP contribution is 2.47. The second-order valence-corrected chi connectivity index (χ2v) is 8.80.